The highest BCUT2D eigenvalue weighted by Gasteiger charge is 2.12. The molecule has 0 fully saturated rings. The first-order valence-corrected chi connectivity index (χ1v) is 9.19. The van der Waals surface area contributed by atoms with Crippen LogP contribution in [0.1, 0.15) is 48.2 Å². The van der Waals surface area contributed by atoms with Gasteiger partial charge >= 0.3 is 0 Å². The summed E-state index contributed by atoms with van der Waals surface area (Å²) in [4.78, 5) is 20.2. The van der Waals surface area contributed by atoms with Crippen molar-refractivity contribution in [1.29, 1.82) is 0 Å². The maximum atomic E-state index is 11.7. The number of aromatic nitrogens is 2. The van der Waals surface area contributed by atoms with Gasteiger partial charge < -0.3 is 10.5 Å². The zero-order chi connectivity index (χ0) is 17.5. The van der Waals surface area contributed by atoms with Crippen LogP contribution in [0, 0.1) is 0 Å². The van der Waals surface area contributed by atoms with Crippen LogP contribution in [-0.4, -0.2) is 28.6 Å². The molecule has 5 nitrogen and oxygen atoms in total. The quantitative estimate of drug-likeness (QED) is 0.340. The molecule has 2 N–H and O–H groups in total. The van der Waals surface area contributed by atoms with Gasteiger partial charge in [0.1, 0.15) is 11.6 Å². The number of hydrogen-bond donors (Lipinski definition) is 1. The highest BCUT2D eigenvalue weighted by Crippen LogP contribution is 2.26. The number of thioether (sulfide) groups is 1. The second kappa shape index (κ2) is 8.68. The van der Waals surface area contributed by atoms with Gasteiger partial charge in [0.05, 0.1) is 6.61 Å². The zero-order valence-electron chi connectivity index (χ0n) is 14.3. The van der Waals surface area contributed by atoms with Crippen LogP contribution >= 0.6 is 11.8 Å². The lowest BCUT2D eigenvalue weighted by Crippen LogP contribution is -2.05. The van der Waals surface area contributed by atoms with Gasteiger partial charge in [-0.2, -0.15) is 0 Å². The molecular weight excluding hydrogens is 322 g/mol. The number of rotatable bonds is 8. The molecule has 2 rings (SSSR count). The lowest BCUT2D eigenvalue weighted by Gasteiger charge is -2.13. The molecule has 6 heteroatoms. The van der Waals surface area contributed by atoms with Gasteiger partial charge in [0, 0.05) is 23.7 Å². The maximum Gasteiger partial charge on any atom is 0.189 e. The molecule has 0 saturated carbocycles. The standard InChI is InChI=1S/C18H23N3O2S/c1-4-5-8-23-16-7-6-13(12(2)22)9-14(16)10-15-11-20-18(24-3)21-17(15)19/h6-7,9,11H,4-5,8,10H2,1-3H3,(H2,19,20,21). The first kappa shape index (κ1) is 18.3. The van der Waals surface area contributed by atoms with E-state index in [2.05, 4.69) is 16.9 Å². The molecule has 128 valence electrons. The molecule has 1 aromatic heterocycles. The Hall–Kier alpha value is -2.08. The largest absolute Gasteiger partial charge is 0.493 e. The van der Waals surface area contributed by atoms with Crippen LogP contribution in [-0.2, 0) is 6.42 Å². The molecule has 2 aromatic rings. The Morgan fingerprint density at radius 3 is 2.75 bits per heavy atom. The Morgan fingerprint density at radius 1 is 1.33 bits per heavy atom. The number of unbranched alkanes of at least 4 members (excludes halogenated alkanes) is 1. The number of hydrogen-bond acceptors (Lipinski definition) is 6. The monoisotopic (exact) mass is 345 g/mol. The normalized spacial score (nSPS) is 10.6. The first-order chi connectivity index (χ1) is 11.5. The van der Waals surface area contributed by atoms with Gasteiger partial charge in [-0.15, -0.1) is 0 Å². The van der Waals surface area contributed by atoms with Crippen molar-refractivity contribution >= 4 is 23.4 Å². The van der Waals surface area contributed by atoms with Crippen LogP contribution in [0.15, 0.2) is 29.6 Å². The van der Waals surface area contributed by atoms with E-state index in [0.29, 0.717) is 29.6 Å². The van der Waals surface area contributed by atoms with Crippen molar-refractivity contribution in [2.45, 2.75) is 38.3 Å². The molecule has 24 heavy (non-hydrogen) atoms. The summed E-state index contributed by atoms with van der Waals surface area (Å²) in [5.41, 5.74) is 8.45. The van der Waals surface area contributed by atoms with E-state index in [1.807, 2.05) is 18.4 Å². The van der Waals surface area contributed by atoms with E-state index in [1.165, 1.54) is 11.8 Å². The third-order valence-corrected chi connectivity index (χ3v) is 4.22. The number of anilines is 1. The van der Waals surface area contributed by atoms with Crippen molar-refractivity contribution in [2.24, 2.45) is 0 Å². The van der Waals surface area contributed by atoms with E-state index in [1.54, 1.807) is 19.2 Å². The number of ether oxygens (including phenoxy) is 1. The molecule has 0 aliphatic heterocycles. The number of nitrogens with zero attached hydrogens (tertiary/aromatic N) is 2. The van der Waals surface area contributed by atoms with Gasteiger partial charge in [-0.1, -0.05) is 25.1 Å². The molecule has 0 unspecified atom stereocenters. The number of Topliss-reactive ketones (excluding diaryl/α,β-unsaturated/α-hetero) is 1. The maximum absolute atomic E-state index is 11.7. The Kier molecular flexibility index (Phi) is 6.61. The lowest BCUT2D eigenvalue weighted by molar-refractivity contribution is 0.101. The summed E-state index contributed by atoms with van der Waals surface area (Å²) in [6, 6.07) is 5.52. The van der Waals surface area contributed by atoms with E-state index in [4.69, 9.17) is 10.5 Å². The Bertz CT molecular complexity index is 719. The number of carbonyl (C=O) groups excluding carboxylic acids is 1. The fourth-order valence-electron chi connectivity index (χ4n) is 2.25. The predicted molar refractivity (Wildman–Crippen MR) is 97.9 cm³/mol. The van der Waals surface area contributed by atoms with Crippen LogP contribution < -0.4 is 10.5 Å². The minimum atomic E-state index is 0.0262. The molecule has 0 aliphatic carbocycles. The summed E-state index contributed by atoms with van der Waals surface area (Å²) in [6.07, 6.45) is 6.23. The number of nitrogens with two attached hydrogens (primary N) is 1. The average molecular weight is 345 g/mol. The van der Waals surface area contributed by atoms with Crippen molar-refractivity contribution in [2.75, 3.05) is 18.6 Å². The molecule has 0 bridgehead atoms. The molecule has 0 spiro atoms. The van der Waals surface area contributed by atoms with E-state index in [9.17, 15) is 4.79 Å². The van der Waals surface area contributed by atoms with Gasteiger partial charge in [-0.3, -0.25) is 4.79 Å². The third-order valence-electron chi connectivity index (χ3n) is 3.66. The van der Waals surface area contributed by atoms with Gasteiger partial charge in [0.25, 0.3) is 0 Å². The first-order valence-electron chi connectivity index (χ1n) is 7.97. The number of ketones is 1. The molecule has 0 saturated heterocycles. The molecule has 0 radical (unpaired) electrons. The molecule has 0 amide bonds. The minimum Gasteiger partial charge on any atom is -0.493 e. The Labute approximate surface area is 147 Å². The van der Waals surface area contributed by atoms with Crippen LogP contribution in [0.3, 0.4) is 0 Å². The second-order valence-corrected chi connectivity index (χ2v) is 6.30. The summed E-state index contributed by atoms with van der Waals surface area (Å²) >= 11 is 1.45. The summed E-state index contributed by atoms with van der Waals surface area (Å²) in [6.45, 7) is 4.33. The van der Waals surface area contributed by atoms with Crippen LogP contribution in [0.2, 0.25) is 0 Å². The van der Waals surface area contributed by atoms with E-state index >= 15 is 0 Å². The fourth-order valence-corrected chi connectivity index (χ4v) is 2.59. The van der Waals surface area contributed by atoms with Crippen molar-refractivity contribution < 1.29 is 9.53 Å². The van der Waals surface area contributed by atoms with E-state index in [-0.39, 0.29) is 5.78 Å². The van der Waals surface area contributed by atoms with Gasteiger partial charge in [-0.25, -0.2) is 9.97 Å². The predicted octanol–water partition coefficient (Wildman–Crippen LogP) is 3.75. The number of benzene rings is 1. The summed E-state index contributed by atoms with van der Waals surface area (Å²) in [7, 11) is 0. The second-order valence-electron chi connectivity index (χ2n) is 5.52. The third kappa shape index (κ3) is 4.71. The number of nitrogen functional groups attached to an aromatic ring is 1. The molecular formula is C18H23N3O2S. The summed E-state index contributed by atoms with van der Waals surface area (Å²) in [5.74, 6) is 1.27. The van der Waals surface area contributed by atoms with Gasteiger partial charge in [-0.05, 0) is 43.4 Å². The van der Waals surface area contributed by atoms with E-state index < -0.39 is 0 Å². The van der Waals surface area contributed by atoms with Crippen LogP contribution in [0.5, 0.6) is 5.75 Å². The highest BCUT2D eigenvalue weighted by molar-refractivity contribution is 7.98. The Balaban J connectivity index is 2.31. The molecule has 1 aromatic carbocycles. The molecule has 1 heterocycles. The van der Waals surface area contributed by atoms with Crippen molar-refractivity contribution in [1.82, 2.24) is 9.97 Å². The van der Waals surface area contributed by atoms with Crippen molar-refractivity contribution in [3.8, 4) is 5.75 Å². The highest BCUT2D eigenvalue weighted by atomic mass is 32.2. The average Bonchev–Trinajstić information content (AvgIpc) is 2.57. The Morgan fingerprint density at radius 2 is 2.12 bits per heavy atom. The molecule has 0 aliphatic rings. The van der Waals surface area contributed by atoms with Gasteiger partial charge in [0.2, 0.25) is 0 Å². The topological polar surface area (TPSA) is 78.1 Å². The summed E-state index contributed by atoms with van der Waals surface area (Å²) in [5, 5.41) is 0.646. The van der Waals surface area contributed by atoms with Gasteiger partial charge in [0.15, 0.2) is 10.9 Å². The smallest absolute Gasteiger partial charge is 0.189 e. The minimum absolute atomic E-state index is 0.0262. The van der Waals surface area contributed by atoms with Crippen LogP contribution in [0.25, 0.3) is 0 Å². The zero-order valence-corrected chi connectivity index (χ0v) is 15.2. The van der Waals surface area contributed by atoms with Crippen LogP contribution in [0.4, 0.5) is 5.82 Å². The van der Waals surface area contributed by atoms with Crippen molar-refractivity contribution in [3.05, 3.63) is 41.1 Å². The van der Waals surface area contributed by atoms with Crippen molar-refractivity contribution in [3.63, 3.8) is 0 Å². The van der Waals surface area contributed by atoms with E-state index in [0.717, 1.165) is 29.7 Å². The number of carbonyl (C=O) groups is 1. The lowest BCUT2D eigenvalue weighted by atomic mass is 10.0. The SMILES string of the molecule is CCCCOc1ccc(C(C)=O)cc1Cc1cnc(SC)nc1N. The fraction of sp³-hybridized carbons (Fsp3) is 0.389. The molecule has 0 atom stereocenters. The summed E-state index contributed by atoms with van der Waals surface area (Å²) < 4.78 is 5.87.